The van der Waals surface area contributed by atoms with Crippen molar-refractivity contribution in [2.45, 2.75) is 13.1 Å². The predicted molar refractivity (Wildman–Crippen MR) is 69.0 cm³/mol. The first kappa shape index (κ1) is 14.1. The van der Waals surface area contributed by atoms with Gasteiger partial charge in [0.2, 0.25) is 0 Å². The molecule has 0 aliphatic carbocycles. The number of carbonyl (C=O) groups is 1. The Hall–Kier alpha value is -2.84. The molecule has 0 radical (unpaired) electrons. The fourth-order valence-electron chi connectivity index (χ4n) is 2.27. The molecular formula is C13H9F3N4O2. The van der Waals surface area contributed by atoms with Gasteiger partial charge in [0.05, 0.1) is 23.6 Å². The molecule has 22 heavy (non-hydrogen) atoms. The second-order valence-electron chi connectivity index (χ2n) is 4.61. The van der Waals surface area contributed by atoms with Gasteiger partial charge in [-0.1, -0.05) is 0 Å². The van der Waals surface area contributed by atoms with E-state index >= 15 is 0 Å². The standard InChI is InChI=1S/C13H9F3N4O2/c1-7-2-3-9(10-4-5-17-19(7)10)20-11(13(14,15)16)8(6-18-20)12(21)22/h2-6H,1H3,(H,21,22). The number of aromatic carboxylic acids is 1. The summed E-state index contributed by atoms with van der Waals surface area (Å²) in [7, 11) is 0. The van der Waals surface area contributed by atoms with Crippen molar-refractivity contribution in [3.63, 3.8) is 0 Å². The smallest absolute Gasteiger partial charge is 0.434 e. The fraction of sp³-hybridized carbons (Fsp3) is 0.154. The van der Waals surface area contributed by atoms with Crippen LogP contribution >= 0.6 is 0 Å². The van der Waals surface area contributed by atoms with Crippen molar-refractivity contribution in [2.24, 2.45) is 0 Å². The molecule has 0 spiro atoms. The van der Waals surface area contributed by atoms with Crippen LogP contribution in [-0.4, -0.2) is 30.5 Å². The van der Waals surface area contributed by atoms with Gasteiger partial charge in [-0.25, -0.2) is 14.0 Å². The molecule has 9 heteroatoms. The minimum atomic E-state index is -4.86. The van der Waals surface area contributed by atoms with E-state index in [1.54, 1.807) is 13.0 Å². The SMILES string of the molecule is Cc1ccc(-n2ncc(C(=O)O)c2C(F)(F)F)c2ccnn12. The molecule has 0 saturated heterocycles. The maximum Gasteiger partial charge on any atom is 0.434 e. The van der Waals surface area contributed by atoms with Gasteiger partial charge in [0.25, 0.3) is 0 Å². The van der Waals surface area contributed by atoms with E-state index in [4.69, 9.17) is 5.11 Å². The van der Waals surface area contributed by atoms with E-state index in [1.807, 2.05) is 0 Å². The van der Waals surface area contributed by atoms with Crippen LogP contribution in [-0.2, 0) is 6.18 Å². The van der Waals surface area contributed by atoms with E-state index in [1.165, 1.54) is 22.8 Å². The number of alkyl halides is 3. The summed E-state index contributed by atoms with van der Waals surface area (Å²) < 4.78 is 41.8. The average molecular weight is 310 g/mol. The molecular weight excluding hydrogens is 301 g/mol. The molecule has 114 valence electrons. The Kier molecular flexibility index (Phi) is 2.94. The van der Waals surface area contributed by atoms with Crippen LogP contribution in [0.15, 0.2) is 30.6 Å². The molecule has 0 fully saturated rings. The monoisotopic (exact) mass is 310 g/mol. The zero-order chi connectivity index (χ0) is 16.1. The number of carboxylic acids is 1. The van der Waals surface area contributed by atoms with Gasteiger partial charge in [0.1, 0.15) is 5.56 Å². The van der Waals surface area contributed by atoms with Crippen molar-refractivity contribution < 1.29 is 23.1 Å². The van der Waals surface area contributed by atoms with Gasteiger partial charge in [-0.3, -0.25) is 0 Å². The van der Waals surface area contributed by atoms with Crippen molar-refractivity contribution >= 4 is 11.5 Å². The highest BCUT2D eigenvalue weighted by Gasteiger charge is 2.41. The Morgan fingerprint density at radius 1 is 1.23 bits per heavy atom. The third-order valence-corrected chi connectivity index (χ3v) is 3.22. The highest BCUT2D eigenvalue weighted by Crippen LogP contribution is 2.34. The molecule has 0 saturated carbocycles. The molecule has 3 aromatic rings. The van der Waals surface area contributed by atoms with E-state index < -0.39 is 23.4 Å². The molecule has 3 aromatic heterocycles. The maximum atomic E-state index is 13.2. The van der Waals surface area contributed by atoms with Crippen LogP contribution in [0.4, 0.5) is 13.2 Å². The van der Waals surface area contributed by atoms with E-state index in [-0.39, 0.29) is 5.69 Å². The van der Waals surface area contributed by atoms with Gasteiger partial charge < -0.3 is 5.11 Å². The van der Waals surface area contributed by atoms with Gasteiger partial charge >= 0.3 is 12.1 Å². The molecule has 0 unspecified atom stereocenters. The minimum Gasteiger partial charge on any atom is -0.478 e. The van der Waals surface area contributed by atoms with E-state index in [9.17, 15) is 18.0 Å². The van der Waals surface area contributed by atoms with Crippen LogP contribution in [0.5, 0.6) is 0 Å². The zero-order valence-electron chi connectivity index (χ0n) is 11.2. The summed E-state index contributed by atoms with van der Waals surface area (Å²) in [5, 5.41) is 16.6. The first-order chi connectivity index (χ1) is 10.3. The topological polar surface area (TPSA) is 72.4 Å². The molecule has 0 aromatic carbocycles. The number of fused-ring (bicyclic) bond motifs is 1. The lowest BCUT2D eigenvalue weighted by Gasteiger charge is -2.13. The highest BCUT2D eigenvalue weighted by molar-refractivity contribution is 5.89. The predicted octanol–water partition coefficient (Wildman–Crippen LogP) is 2.55. The fourth-order valence-corrected chi connectivity index (χ4v) is 2.27. The summed E-state index contributed by atoms with van der Waals surface area (Å²) >= 11 is 0. The zero-order valence-corrected chi connectivity index (χ0v) is 11.2. The molecule has 0 amide bonds. The number of hydrogen-bond donors (Lipinski definition) is 1. The Bertz CT molecular complexity index is 879. The van der Waals surface area contributed by atoms with Crippen molar-refractivity contribution in [2.75, 3.05) is 0 Å². The van der Waals surface area contributed by atoms with Crippen molar-refractivity contribution in [1.82, 2.24) is 19.4 Å². The van der Waals surface area contributed by atoms with E-state index in [0.29, 0.717) is 16.4 Å². The number of aryl methyl sites for hydroxylation is 1. The summed E-state index contributed by atoms with van der Waals surface area (Å²) in [5.74, 6) is -1.68. The van der Waals surface area contributed by atoms with E-state index in [2.05, 4.69) is 10.2 Å². The molecule has 0 atom stereocenters. The second kappa shape index (κ2) is 4.58. The molecule has 3 rings (SSSR count). The van der Waals surface area contributed by atoms with Crippen LogP contribution in [0.25, 0.3) is 11.2 Å². The van der Waals surface area contributed by atoms with Gasteiger partial charge in [-0.15, -0.1) is 0 Å². The Labute approximate surface area is 121 Å². The number of rotatable bonds is 2. The first-order valence-corrected chi connectivity index (χ1v) is 6.13. The lowest BCUT2D eigenvalue weighted by molar-refractivity contribution is -0.143. The first-order valence-electron chi connectivity index (χ1n) is 6.13. The number of pyridine rings is 1. The van der Waals surface area contributed by atoms with Gasteiger partial charge in [-0.05, 0) is 25.1 Å². The average Bonchev–Trinajstić information content (AvgIpc) is 3.05. The number of hydrogen-bond acceptors (Lipinski definition) is 3. The van der Waals surface area contributed by atoms with Gasteiger partial charge in [0, 0.05) is 5.69 Å². The molecule has 0 bridgehead atoms. The summed E-state index contributed by atoms with van der Waals surface area (Å²) in [6.07, 6.45) is -2.72. The van der Waals surface area contributed by atoms with Crippen molar-refractivity contribution in [1.29, 1.82) is 0 Å². The van der Waals surface area contributed by atoms with Crippen molar-refractivity contribution in [3.8, 4) is 5.69 Å². The lowest BCUT2D eigenvalue weighted by atomic mass is 10.2. The van der Waals surface area contributed by atoms with Crippen LogP contribution in [0.2, 0.25) is 0 Å². The Morgan fingerprint density at radius 2 is 1.95 bits per heavy atom. The normalized spacial score (nSPS) is 12.0. The summed E-state index contributed by atoms with van der Waals surface area (Å²) in [4.78, 5) is 11.0. The summed E-state index contributed by atoms with van der Waals surface area (Å²) in [6, 6.07) is 4.56. The minimum absolute atomic E-state index is 0.0999. The molecule has 0 aliphatic heterocycles. The molecule has 0 aliphatic rings. The number of carboxylic acid groups (broad SMARTS) is 1. The Balaban J connectivity index is 2.35. The van der Waals surface area contributed by atoms with Crippen molar-refractivity contribution in [3.05, 3.63) is 47.5 Å². The van der Waals surface area contributed by atoms with E-state index in [0.717, 1.165) is 5.69 Å². The molecule has 6 nitrogen and oxygen atoms in total. The largest absolute Gasteiger partial charge is 0.478 e. The lowest BCUT2D eigenvalue weighted by Crippen LogP contribution is -2.18. The van der Waals surface area contributed by atoms with Crippen LogP contribution in [0, 0.1) is 6.92 Å². The summed E-state index contributed by atoms with van der Waals surface area (Å²) in [5.41, 5.74) is -1.01. The molecule has 3 heterocycles. The van der Waals surface area contributed by atoms with Gasteiger partial charge in [-0.2, -0.15) is 23.4 Å². The molecule has 1 N–H and O–H groups in total. The third-order valence-electron chi connectivity index (χ3n) is 3.22. The number of aromatic nitrogens is 4. The highest BCUT2D eigenvalue weighted by atomic mass is 19.4. The Morgan fingerprint density at radius 3 is 2.59 bits per heavy atom. The van der Waals surface area contributed by atoms with Gasteiger partial charge in [0.15, 0.2) is 5.69 Å². The van der Waals surface area contributed by atoms with Crippen LogP contribution < -0.4 is 0 Å². The summed E-state index contributed by atoms with van der Waals surface area (Å²) in [6.45, 7) is 1.75. The quantitative estimate of drug-likeness (QED) is 0.789. The maximum absolute atomic E-state index is 13.2. The van der Waals surface area contributed by atoms with Crippen LogP contribution in [0.1, 0.15) is 21.7 Å². The second-order valence-corrected chi connectivity index (χ2v) is 4.61. The third kappa shape index (κ3) is 2.01. The van der Waals surface area contributed by atoms with Crippen LogP contribution in [0.3, 0.4) is 0 Å². The number of halogens is 3. The number of nitrogens with zero attached hydrogens (tertiary/aromatic N) is 4.